The lowest BCUT2D eigenvalue weighted by molar-refractivity contribution is -0.147. The fraction of sp³-hybridized carbons (Fsp3) is 0.621. The van der Waals surface area contributed by atoms with Crippen LogP contribution in [0.15, 0.2) is 46.6 Å². The molecule has 0 heterocycles. The minimum absolute atomic E-state index is 0.0597. The molecule has 0 atom stereocenters. The number of carbonyl (C=O) groups excluding carboxylic acids is 2. The molecule has 0 unspecified atom stereocenters. The Balaban J connectivity index is 1.63. The Hall–Kier alpha value is -2.27. The number of carbonyl (C=O) groups is 3. The third-order valence-electron chi connectivity index (χ3n) is 7.08. The number of aliphatic hydroxyl groups is 1. The summed E-state index contributed by atoms with van der Waals surface area (Å²) >= 11 is 0. The normalized spacial score (nSPS) is 16.5. The minimum Gasteiger partial charge on any atom is -0.481 e. The van der Waals surface area contributed by atoms with Gasteiger partial charge in [-0.05, 0) is 99.3 Å². The van der Waals surface area contributed by atoms with Crippen LogP contribution in [0.5, 0.6) is 0 Å². The number of unbranched alkanes of at least 4 members (excludes halogenated alkanes) is 2. The van der Waals surface area contributed by atoms with Gasteiger partial charge in [0.25, 0.3) is 0 Å². The average Bonchev–Trinajstić information content (AvgIpc) is 3.31. The molecule has 34 heavy (non-hydrogen) atoms. The monoisotopic (exact) mass is 470 g/mol. The van der Waals surface area contributed by atoms with Gasteiger partial charge in [0, 0.05) is 6.61 Å². The summed E-state index contributed by atoms with van der Waals surface area (Å²) in [5.74, 6) is -0.530. The maximum absolute atomic E-state index is 12.7. The van der Waals surface area contributed by atoms with Crippen molar-refractivity contribution in [3.8, 4) is 0 Å². The van der Waals surface area contributed by atoms with E-state index in [0.29, 0.717) is 25.7 Å². The topological polar surface area (TPSA) is 91.7 Å². The average molecular weight is 471 g/mol. The molecule has 0 aromatic carbocycles. The van der Waals surface area contributed by atoms with Crippen LogP contribution in [0.25, 0.3) is 0 Å². The number of hydrogen-bond acceptors (Lipinski definition) is 4. The van der Waals surface area contributed by atoms with Gasteiger partial charge in [-0.3, -0.25) is 14.4 Å². The number of rotatable bonds is 16. The summed E-state index contributed by atoms with van der Waals surface area (Å²) in [5.41, 5.74) is 2.55. The molecular weight excluding hydrogens is 428 g/mol. The molecule has 0 aromatic heterocycles. The zero-order chi connectivity index (χ0) is 25.4. The van der Waals surface area contributed by atoms with Gasteiger partial charge in [-0.25, -0.2) is 0 Å². The Bertz CT molecular complexity index is 895. The van der Waals surface area contributed by atoms with Crippen LogP contribution in [-0.4, -0.2) is 34.4 Å². The summed E-state index contributed by atoms with van der Waals surface area (Å²) in [6.45, 7) is 7.76. The number of aliphatic hydroxyl groups excluding tert-OH is 1. The number of carboxylic acids is 1. The van der Waals surface area contributed by atoms with E-state index in [1.807, 2.05) is 24.3 Å². The third-order valence-corrected chi connectivity index (χ3v) is 7.08. The van der Waals surface area contributed by atoms with E-state index < -0.39 is 11.4 Å². The number of hydrogen-bond donors (Lipinski definition) is 2. The molecular formula is C29H42O5. The Morgan fingerprint density at radius 2 is 1.06 bits per heavy atom. The van der Waals surface area contributed by atoms with E-state index in [9.17, 15) is 24.6 Å². The smallest absolute Gasteiger partial charge is 0.309 e. The van der Waals surface area contributed by atoms with Crippen LogP contribution in [0.2, 0.25) is 0 Å². The Kier molecular flexibility index (Phi) is 10.2. The predicted octanol–water partition coefficient (Wildman–Crippen LogP) is 6.28. The van der Waals surface area contributed by atoms with Gasteiger partial charge < -0.3 is 10.2 Å². The van der Waals surface area contributed by atoms with E-state index in [-0.39, 0.29) is 23.6 Å². The van der Waals surface area contributed by atoms with Crippen molar-refractivity contribution in [1.29, 1.82) is 0 Å². The van der Waals surface area contributed by atoms with E-state index in [4.69, 9.17) is 0 Å². The molecule has 188 valence electrons. The van der Waals surface area contributed by atoms with Crippen LogP contribution in [0.1, 0.15) is 98.3 Å². The maximum atomic E-state index is 12.7. The second-order valence-electron chi connectivity index (χ2n) is 11.2. The van der Waals surface area contributed by atoms with Crippen molar-refractivity contribution in [1.82, 2.24) is 0 Å². The number of carboxylic acid groups (broad SMARTS) is 1. The molecule has 0 aliphatic heterocycles. The van der Waals surface area contributed by atoms with Gasteiger partial charge >= 0.3 is 5.97 Å². The van der Waals surface area contributed by atoms with Gasteiger partial charge in [-0.15, -0.1) is 0 Å². The van der Waals surface area contributed by atoms with Gasteiger partial charge in [0.15, 0.2) is 11.6 Å². The lowest BCUT2D eigenvalue weighted by Crippen LogP contribution is -2.23. The van der Waals surface area contributed by atoms with Gasteiger partial charge in [-0.1, -0.05) is 51.0 Å². The molecule has 0 saturated carbocycles. The van der Waals surface area contributed by atoms with Crippen LogP contribution in [0.4, 0.5) is 0 Å². The van der Waals surface area contributed by atoms with E-state index in [0.717, 1.165) is 67.2 Å². The number of allylic oxidation sites excluding steroid dienone is 8. The predicted molar refractivity (Wildman–Crippen MR) is 135 cm³/mol. The Labute approximate surface area is 204 Å². The van der Waals surface area contributed by atoms with Crippen molar-refractivity contribution in [3.05, 3.63) is 46.6 Å². The van der Waals surface area contributed by atoms with Crippen LogP contribution in [0.3, 0.4) is 0 Å². The lowest BCUT2D eigenvalue weighted by Gasteiger charge is -2.21. The third kappa shape index (κ3) is 8.19. The summed E-state index contributed by atoms with van der Waals surface area (Å²) in [7, 11) is 0. The van der Waals surface area contributed by atoms with E-state index in [1.165, 1.54) is 0 Å². The first-order valence-corrected chi connectivity index (χ1v) is 12.7. The SMILES string of the molecule is CC(C)(CO)CCCCC1=CC=C(CCCC2=CC=C(CCCCC(C)(C)C(=O)O)C2=O)C1=O. The number of ketones is 2. The molecule has 0 aromatic rings. The molecule has 0 radical (unpaired) electrons. The summed E-state index contributed by atoms with van der Waals surface area (Å²) in [4.78, 5) is 36.5. The standard InChI is InChI=1S/C29H42O5/c1-28(2,20-30)18-7-5-10-21-14-16-23(25(21)31)12-9-13-24-17-15-22(26(24)32)11-6-8-19-29(3,4)27(33)34/h14-17,30H,5-13,18-20H2,1-4H3,(H,33,34). The highest BCUT2D eigenvalue weighted by Gasteiger charge is 2.27. The second kappa shape index (κ2) is 12.4. The second-order valence-corrected chi connectivity index (χ2v) is 11.2. The number of Topliss-reactive ketones (excluding diaryl/α,β-unsaturated/α-hetero) is 2. The maximum Gasteiger partial charge on any atom is 0.309 e. The quantitative estimate of drug-likeness (QED) is 0.259. The van der Waals surface area contributed by atoms with Gasteiger partial charge in [0.2, 0.25) is 0 Å². The first-order valence-electron chi connectivity index (χ1n) is 12.7. The van der Waals surface area contributed by atoms with Crippen molar-refractivity contribution < 1.29 is 24.6 Å². The van der Waals surface area contributed by atoms with Gasteiger partial charge in [0.1, 0.15) is 0 Å². The highest BCUT2D eigenvalue weighted by Crippen LogP contribution is 2.30. The van der Waals surface area contributed by atoms with Crippen molar-refractivity contribution in [2.75, 3.05) is 6.61 Å². The first kappa shape index (κ1) is 28.0. The van der Waals surface area contributed by atoms with Gasteiger partial charge in [0.05, 0.1) is 5.41 Å². The molecule has 0 bridgehead atoms. The Morgan fingerprint density at radius 1 is 0.676 bits per heavy atom. The fourth-order valence-electron chi connectivity index (χ4n) is 4.36. The molecule has 0 saturated heterocycles. The van der Waals surface area contributed by atoms with Crippen LogP contribution >= 0.6 is 0 Å². The molecule has 5 heteroatoms. The first-order chi connectivity index (χ1) is 16.0. The summed E-state index contributed by atoms with van der Waals surface area (Å²) in [5, 5.41) is 18.5. The summed E-state index contributed by atoms with van der Waals surface area (Å²) < 4.78 is 0. The van der Waals surface area contributed by atoms with Crippen molar-refractivity contribution in [3.63, 3.8) is 0 Å². The minimum atomic E-state index is -0.784. The molecule has 0 amide bonds. The molecule has 2 rings (SSSR count). The van der Waals surface area contributed by atoms with Gasteiger partial charge in [-0.2, -0.15) is 0 Å². The fourth-order valence-corrected chi connectivity index (χ4v) is 4.36. The van der Waals surface area contributed by atoms with Crippen LogP contribution in [-0.2, 0) is 14.4 Å². The highest BCUT2D eigenvalue weighted by molar-refractivity contribution is 6.12. The zero-order valence-electron chi connectivity index (χ0n) is 21.4. The summed E-state index contributed by atoms with van der Waals surface area (Å²) in [6, 6.07) is 0. The highest BCUT2D eigenvalue weighted by atomic mass is 16.4. The number of aliphatic carboxylic acids is 1. The van der Waals surface area contributed by atoms with E-state index in [2.05, 4.69) is 13.8 Å². The molecule has 2 aliphatic rings. The van der Waals surface area contributed by atoms with E-state index in [1.54, 1.807) is 13.8 Å². The van der Waals surface area contributed by atoms with Crippen LogP contribution in [0, 0.1) is 10.8 Å². The van der Waals surface area contributed by atoms with Crippen molar-refractivity contribution >= 4 is 17.5 Å². The van der Waals surface area contributed by atoms with Crippen LogP contribution < -0.4 is 0 Å². The van der Waals surface area contributed by atoms with Crippen molar-refractivity contribution in [2.24, 2.45) is 10.8 Å². The summed E-state index contributed by atoms with van der Waals surface area (Å²) in [6.07, 6.45) is 16.4. The zero-order valence-corrected chi connectivity index (χ0v) is 21.4. The molecule has 0 spiro atoms. The lowest BCUT2D eigenvalue weighted by atomic mass is 9.86. The molecule has 2 N–H and O–H groups in total. The largest absolute Gasteiger partial charge is 0.481 e. The molecule has 2 aliphatic carbocycles. The Morgan fingerprint density at radius 3 is 1.44 bits per heavy atom. The molecule has 5 nitrogen and oxygen atoms in total. The van der Waals surface area contributed by atoms with Crippen molar-refractivity contribution in [2.45, 2.75) is 98.3 Å². The molecule has 0 fully saturated rings. The van der Waals surface area contributed by atoms with E-state index >= 15 is 0 Å².